The lowest BCUT2D eigenvalue weighted by Crippen LogP contribution is -2.03. The van der Waals surface area contributed by atoms with E-state index in [2.05, 4.69) is 17.4 Å². The average molecular weight is 217 g/mol. The summed E-state index contributed by atoms with van der Waals surface area (Å²) in [5.74, 6) is 1.29. The summed E-state index contributed by atoms with van der Waals surface area (Å²) in [6, 6.07) is 13.9. The van der Waals surface area contributed by atoms with Gasteiger partial charge in [-0.2, -0.15) is 0 Å². The highest BCUT2D eigenvalue weighted by Gasteiger charge is 1.99. The fraction of sp³-hybridized carbons (Fsp3) is 0.231. The molecule has 0 spiro atoms. The van der Waals surface area contributed by atoms with Crippen molar-refractivity contribution in [3.8, 4) is 0 Å². The summed E-state index contributed by atoms with van der Waals surface area (Å²) in [6.07, 6.45) is 0.954. The summed E-state index contributed by atoms with van der Waals surface area (Å²) in [4.78, 5) is 0. The first-order chi connectivity index (χ1) is 7.88. The molecular weight excluding hydrogens is 202 g/mol. The highest BCUT2D eigenvalue weighted by molar-refractivity contribution is 5.32. The summed E-state index contributed by atoms with van der Waals surface area (Å²) in [5, 5.41) is 12.0. The van der Waals surface area contributed by atoms with Crippen molar-refractivity contribution in [1.29, 1.82) is 0 Å². The average Bonchev–Trinajstić information content (AvgIpc) is 2.78. The van der Waals surface area contributed by atoms with E-state index in [0.29, 0.717) is 11.6 Å². The maximum absolute atomic E-state index is 8.83. The highest BCUT2D eigenvalue weighted by atomic mass is 16.4. The molecule has 0 bridgehead atoms. The Kier molecular flexibility index (Phi) is 3.62. The third-order valence-electron chi connectivity index (χ3n) is 2.37. The topological polar surface area (TPSA) is 45.4 Å². The smallest absolute Gasteiger partial charge is 0.193 e. The van der Waals surface area contributed by atoms with Crippen LogP contribution in [0, 0.1) is 0 Å². The SMILES string of the molecule is OCc1ccc(NCCc2ccccc2)o1. The van der Waals surface area contributed by atoms with E-state index in [1.165, 1.54) is 5.56 Å². The van der Waals surface area contributed by atoms with Crippen molar-refractivity contribution < 1.29 is 9.52 Å². The van der Waals surface area contributed by atoms with Crippen LogP contribution in [0.3, 0.4) is 0 Å². The zero-order chi connectivity index (χ0) is 11.2. The van der Waals surface area contributed by atoms with Crippen LogP contribution in [-0.4, -0.2) is 11.7 Å². The quantitative estimate of drug-likeness (QED) is 0.808. The fourth-order valence-electron chi connectivity index (χ4n) is 1.53. The van der Waals surface area contributed by atoms with E-state index in [0.717, 1.165) is 13.0 Å². The van der Waals surface area contributed by atoms with Gasteiger partial charge in [-0.1, -0.05) is 30.3 Å². The lowest BCUT2D eigenvalue weighted by Gasteiger charge is -2.02. The Bertz CT molecular complexity index is 423. The molecule has 2 rings (SSSR count). The minimum absolute atomic E-state index is 0.0552. The summed E-state index contributed by atoms with van der Waals surface area (Å²) in [7, 11) is 0. The minimum Gasteiger partial charge on any atom is -0.443 e. The molecule has 1 aromatic heterocycles. The minimum atomic E-state index is -0.0552. The van der Waals surface area contributed by atoms with Crippen LogP contribution < -0.4 is 5.32 Å². The second-order valence-corrected chi connectivity index (χ2v) is 3.59. The summed E-state index contributed by atoms with van der Waals surface area (Å²) in [6.45, 7) is 0.767. The van der Waals surface area contributed by atoms with Crippen LogP contribution in [0.1, 0.15) is 11.3 Å². The molecule has 3 heteroatoms. The number of nitrogens with one attached hydrogen (secondary N) is 1. The van der Waals surface area contributed by atoms with Gasteiger partial charge < -0.3 is 14.8 Å². The second kappa shape index (κ2) is 5.37. The van der Waals surface area contributed by atoms with E-state index in [-0.39, 0.29) is 6.61 Å². The monoisotopic (exact) mass is 217 g/mol. The largest absolute Gasteiger partial charge is 0.443 e. The molecule has 0 saturated heterocycles. The van der Waals surface area contributed by atoms with Crippen LogP contribution in [0.2, 0.25) is 0 Å². The maximum Gasteiger partial charge on any atom is 0.193 e. The first kappa shape index (κ1) is 10.8. The molecule has 1 heterocycles. The summed E-state index contributed by atoms with van der Waals surface area (Å²) in [5.41, 5.74) is 1.30. The van der Waals surface area contributed by atoms with E-state index in [1.54, 1.807) is 6.07 Å². The van der Waals surface area contributed by atoms with E-state index < -0.39 is 0 Å². The number of benzene rings is 1. The maximum atomic E-state index is 8.83. The van der Waals surface area contributed by atoms with Crippen molar-refractivity contribution in [2.45, 2.75) is 13.0 Å². The third kappa shape index (κ3) is 2.87. The van der Waals surface area contributed by atoms with Crippen LogP contribution in [0.25, 0.3) is 0 Å². The van der Waals surface area contributed by atoms with Gasteiger partial charge in [-0.25, -0.2) is 0 Å². The standard InChI is InChI=1S/C13H15NO2/c15-10-12-6-7-13(16-12)14-9-8-11-4-2-1-3-5-11/h1-7,14-15H,8-10H2. The van der Waals surface area contributed by atoms with Crippen LogP contribution >= 0.6 is 0 Å². The van der Waals surface area contributed by atoms with Crippen molar-refractivity contribution in [3.05, 3.63) is 53.8 Å². The van der Waals surface area contributed by atoms with Gasteiger partial charge >= 0.3 is 0 Å². The van der Waals surface area contributed by atoms with Gasteiger partial charge in [0.15, 0.2) is 5.88 Å². The summed E-state index contributed by atoms with van der Waals surface area (Å²) >= 11 is 0. The number of rotatable bonds is 5. The van der Waals surface area contributed by atoms with Crippen molar-refractivity contribution in [2.24, 2.45) is 0 Å². The van der Waals surface area contributed by atoms with Gasteiger partial charge in [0.25, 0.3) is 0 Å². The molecule has 0 aliphatic carbocycles. The van der Waals surface area contributed by atoms with Gasteiger partial charge in [0, 0.05) is 12.6 Å². The van der Waals surface area contributed by atoms with Gasteiger partial charge in [0.2, 0.25) is 0 Å². The fourth-order valence-corrected chi connectivity index (χ4v) is 1.53. The van der Waals surface area contributed by atoms with Crippen LogP contribution in [0.5, 0.6) is 0 Å². The normalized spacial score (nSPS) is 10.3. The molecular formula is C13H15NO2. The van der Waals surface area contributed by atoms with E-state index >= 15 is 0 Å². The molecule has 3 nitrogen and oxygen atoms in total. The van der Waals surface area contributed by atoms with Crippen LogP contribution in [0.15, 0.2) is 46.9 Å². The molecule has 0 fully saturated rings. The lowest BCUT2D eigenvalue weighted by atomic mass is 10.1. The Morgan fingerprint density at radius 3 is 2.56 bits per heavy atom. The third-order valence-corrected chi connectivity index (χ3v) is 2.37. The molecule has 0 saturated carbocycles. The molecule has 1 aromatic carbocycles. The molecule has 2 N–H and O–H groups in total. The highest BCUT2D eigenvalue weighted by Crippen LogP contribution is 2.13. The Balaban J connectivity index is 1.80. The number of hydrogen-bond donors (Lipinski definition) is 2. The van der Waals surface area contributed by atoms with E-state index in [9.17, 15) is 0 Å². The first-order valence-electron chi connectivity index (χ1n) is 5.36. The zero-order valence-corrected chi connectivity index (χ0v) is 9.02. The number of furan rings is 1. The van der Waals surface area contributed by atoms with Crippen LogP contribution in [0.4, 0.5) is 5.88 Å². The van der Waals surface area contributed by atoms with Gasteiger partial charge in [0.1, 0.15) is 12.4 Å². The van der Waals surface area contributed by atoms with Crippen molar-refractivity contribution >= 4 is 5.88 Å². The molecule has 0 aliphatic rings. The Hall–Kier alpha value is -1.74. The second-order valence-electron chi connectivity index (χ2n) is 3.59. The molecule has 0 radical (unpaired) electrons. The predicted octanol–water partition coefficient (Wildman–Crippen LogP) is 2.43. The summed E-state index contributed by atoms with van der Waals surface area (Å²) < 4.78 is 5.31. The number of aliphatic hydroxyl groups is 1. The van der Waals surface area contributed by atoms with E-state index in [4.69, 9.17) is 9.52 Å². The number of hydrogen-bond acceptors (Lipinski definition) is 3. The number of anilines is 1. The Morgan fingerprint density at radius 1 is 1.06 bits per heavy atom. The molecule has 0 amide bonds. The molecule has 0 unspecified atom stereocenters. The van der Waals surface area contributed by atoms with Gasteiger partial charge in [-0.3, -0.25) is 0 Å². The van der Waals surface area contributed by atoms with E-state index in [1.807, 2.05) is 24.3 Å². The molecule has 84 valence electrons. The Labute approximate surface area is 94.7 Å². The predicted molar refractivity (Wildman–Crippen MR) is 63.3 cm³/mol. The van der Waals surface area contributed by atoms with Crippen molar-refractivity contribution in [3.63, 3.8) is 0 Å². The Morgan fingerprint density at radius 2 is 1.88 bits per heavy atom. The van der Waals surface area contributed by atoms with Crippen LogP contribution in [-0.2, 0) is 13.0 Å². The molecule has 16 heavy (non-hydrogen) atoms. The number of aliphatic hydroxyl groups excluding tert-OH is 1. The first-order valence-corrected chi connectivity index (χ1v) is 5.36. The van der Waals surface area contributed by atoms with Crippen molar-refractivity contribution in [1.82, 2.24) is 0 Å². The molecule has 0 aliphatic heterocycles. The lowest BCUT2D eigenvalue weighted by molar-refractivity contribution is 0.249. The van der Waals surface area contributed by atoms with Gasteiger partial charge in [-0.15, -0.1) is 0 Å². The molecule has 2 aromatic rings. The van der Waals surface area contributed by atoms with Crippen molar-refractivity contribution in [2.75, 3.05) is 11.9 Å². The van der Waals surface area contributed by atoms with Gasteiger partial charge in [-0.05, 0) is 18.1 Å². The van der Waals surface area contributed by atoms with Gasteiger partial charge in [0.05, 0.1) is 0 Å². The molecule has 0 atom stereocenters. The zero-order valence-electron chi connectivity index (χ0n) is 9.02.